The first kappa shape index (κ1) is 15.7. The van der Waals surface area contributed by atoms with Crippen LogP contribution in [0.15, 0.2) is 18.5 Å². The van der Waals surface area contributed by atoms with Gasteiger partial charge in [-0.1, -0.05) is 0 Å². The SMILES string of the molecule is CN(CCN1CCCS1(=O)=O)C1CN(c2ccc3nncn3n2)C1. The highest BCUT2D eigenvalue weighted by Crippen LogP contribution is 2.21. The number of nitrogens with zero attached hydrogens (tertiary/aromatic N) is 7. The minimum absolute atomic E-state index is 0.297. The van der Waals surface area contributed by atoms with Crippen LogP contribution in [0, 0.1) is 0 Å². The van der Waals surface area contributed by atoms with Crippen molar-refractivity contribution in [3.05, 3.63) is 18.5 Å². The van der Waals surface area contributed by atoms with Gasteiger partial charge in [-0.2, -0.15) is 4.52 Å². The summed E-state index contributed by atoms with van der Waals surface area (Å²) in [7, 11) is -0.938. The summed E-state index contributed by atoms with van der Waals surface area (Å²) >= 11 is 0. The maximum absolute atomic E-state index is 11.8. The predicted molar refractivity (Wildman–Crippen MR) is 89.4 cm³/mol. The lowest BCUT2D eigenvalue weighted by molar-refractivity contribution is 0.193. The second kappa shape index (κ2) is 5.94. The number of rotatable bonds is 5. The van der Waals surface area contributed by atoms with Crippen molar-refractivity contribution in [1.29, 1.82) is 0 Å². The van der Waals surface area contributed by atoms with Crippen LogP contribution in [-0.2, 0) is 10.0 Å². The Morgan fingerprint density at radius 2 is 2.17 bits per heavy atom. The zero-order chi connectivity index (χ0) is 16.7. The summed E-state index contributed by atoms with van der Waals surface area (Å²) < 4.78 is 26.9. The molecular formula is C14H21N7O2S. The molecule has 0 bridgehead atoms. The molecule has 2 fully saturated rings. The molecule has 0 amide bonds. The minimum Gasteiger partial charge on any atom is -0.352 e. The molecule has 10 heteroatoms. The van der Waals surface area contributed by atoms with Crippen molar-refractivity contribution >= 4 is 21.5 Å². The summed E-state index contributed by atoms with van der Waals surface area (Å²) in [6, 6.07) is 4.29. The van der Waals surface area contributed by atoms with E-state index >= 15 is 0 Å². The summed E-state index contributed by atoms with van der Waals surface area (Å²) in [6.45, 7) is 3.79. The van der Waals surface area contributed by atoms with Gasteiger partial charge in [-0.3, -0.25) is 4.90 Å². The summed E-state index contributed by atoms with van der Waals surface area (Å²) in [4.78, 5) is 4.44. The molecule has 2 aromatic heterocycles. The fourth-order valence-corrected chi connectivity index (χ4v) is 4.72. The van der Waals surface area contributed by atoms with E-state index in [0.29, 0.717) is 24.9 Å². The molecule has 2 aliphatic rings. The van der Waals surface area contributed by atoms with Gasteiger partial charge in [0.05, 0.1) is 5.75 Å². The maximum Gasteiger partial charge on any atom is 0.214 e. The second-order valence-corrected chi connectivity index (χ2v) is 8.52. The summed E-state index contributed by atoms with van der Waals surface area (Å²) in [5.41, 5.74) is 0.736. The van der Waals surface area contributed by atoms with Crippen LogP contribution in [0.3, 0.4) is 0 Å². The topological polar surface area (TPSA) is 86.9 Å². The first-order chi connectivity index (χ1) is 11.5. The Labute approximate surface area is 140 Å². The Morgan fingerprint density at radius 1 is 1.33 bits per heavy atom. The largest absolute Gasteiger partial charge is 0.352 e. The molecule has 0 radical (unpaired) electrons. The van der Waals surface area contributed by atoms with Crippen molar-refractivity contribution in [3.63, 3.8) is 0 Å². The standard InChI is InChI=1S/C14H21N7O2S/c1-18(6-7-20-5-2-8-24(20,22)23)12-9-19(10-12)14-4-3-13-16-15-11-21(13)17-14/h3-4,11-12H,2,5-10H2,1H3. The molecule has 9 nitrogen and oxygen atoms in total. The van der Waals surface area contributed by atoms with E-state index in [9.17, 15) is 8.42 Å². The molecule has 0 aliphatic carbocycles. The first-order valence-electron chi connectivity index (χ1n) is 8.13. The molecule has 0 saturated carbocycles. The molecule has 24 heavy (non-hydrogen) atoms. The highest BCUT2D eigenvalue weighted by atomic mass is 32.2. The predicted octanol–water partition coefficient (Wildman–Crippen LogP) is -0.720. The van der Waals surface area contributed by atoms with Gasteiger partial charge in [0.2, 0.25) is 10.0 Å². The van der Waals surface area contributed by atoms with E-state index in [2.05, 4.69) is 32.1 Å². The quantitative estimate of drug-likeness (QED) is 0.702. The number of likely N-dealkylation sites (N-methyl/N-ethyl adjacent to an activating group) is 1. The number of aromatic nitrogens is 4. The van der Waals surface area contributed by atoms with E-state index in [0.717, 1.165) is 37.5 Å². The van der Waals surface area contributed by atoms with E-state index < -0.39 is 10.0 Å². The number of anilines is 1. The smallest absolute Gasteiger partial charge is 0.214 e. The molecule has 4 heterocycles. The van der Waals surface area contributed by atoms with Gasteiger partial charge in [-0.15, -0.1) is 15.3 Å². The van der Waals surface area contributed by atoms with Crippen molar-refractivity contribution in [3.8, 4) is 0 Å². The number of hydrogen-bond acceptors (Lipinski definition) is 7. The Kier molecular flexibility index (Phi) is 3.89. The highest BCUT2D eigenvalue weighted by Gasteiger charge is 2.33. The van der Waals surface area contributed by atoms with Crippen molar-refractivity contribution in [1.82, 2.24) is 29.0 Å². The Hall–Kier alpha value is -1.78. The van der Waals surface area contributed by atoms with Gasteiger partial charge in [0.1, 0.15) is 12.1 Å². The van der Waals surface area contributed by atoms with Gasteiger partial charge in [0.15, 0.2) is 5.65 Å². The van der Waals surface area contributed by atoms with E-state index in [4.69, 9.17) is 0 Å². The fourth-order valence-electron chi connectivity index (χ4n) is 3.20. The average molecular weight is 351 g/mol. The van der Waals surface area contributed by atoms with Crippen LogP contribution in [0.5, 0.6) is 0 Å². The van der Waals surface area contributed by atoms with Crippen LogP contribution in [0.1, 0.15) is 6.42 Å². The van der Waals surface area contributed by atoms with Crippen LogP contribution in [0.2, 0.25) is 0 Å². The molecule has 4 rings (SSSR count). The summed E-state index contributed by atoms with van der Waals surface area (Å²) in [5.74, 6) is 1.21. The van der Waals surface area contributed by atoms with Gasteiger partial charge in [-0.05, 0) is 25.6 Å². The lowest BCUT2D eigenvalue weighted by Crippen LogP contribution is -2.59. The molecule has 0 aromatic carbocycles. The van der Waals surface area contributed by atoms with Crippen LogP contribution >= 0.6 is 0 Å². The third kappa shape index (κ3) is 2.85. The third-order valence-corrected chi connectivity index (χ3v) is 6.82. The van der Waals surface area contributed by atoms with E-state index in [1.54, 1.807) is 15.1 Å². The highest BCUT2D eigenvalue weighted by molar-refractivity contribution is 7.89. The van der Waals surface area contributed by atoms with E-state index in [1.807, 2.05) is 12.1 Å². The average Bonchev–Trinajstić information content (AvgIpc) is 3.09. The number of sulfonamides is 1. The zero-order valence-electron chi connectivity index (χ0n) is 13.6. The molecule has 130 valence electrons. The number of fused-ring (bicyclic) bond motifs is 1. The normalized spacial score (nSPS) is 21.7. The molecule has 2 aliphatic heterocycles. The van der Waals surface area contributed by atoms with Crippen LogP contribution < -0.4 is 4.90 Å². The van der Waals surface area contributed by atoms with Crippen molar-refractivity contribution < 1.29 is 8.42 Å². The first-order valence-corrected chi connectivity index (χ1v) is 9.74. The van der Waals surface area contributed by atoms with Crippen LogP contribution in [0.4, 0.5) is 5.82 Å². The summed E-state index contributed by atoms with van der Waals surface area (Å²) in [5, 5.41) is 12.3. The van der Waals surface area contributed by atoms with Crippen molar-refractivity contribution in [2.24, 2.45) is 0 Å². The third-order valence-electron chi connectivity index (χ3n) is 4.86. The molecule has 0 atom stereocenters. The molecule has 2 saturated heterocycles. The molecule has 0 unspecified atom stereocenters. The second-order valence-electron chi connectivity index (χ2n) is 6.43. The Morgan fingerprint density at radius 3 is 2.92 bits per heavy atom. The fraction of sp³-hybridized carbons (Fsp3) is 0.643. The molecule has 0 spiro atoms. The maximum atomic E-state index is 11.8. The summed E-state index contributed by atoms with van der Waals surface area (Å²) in [6.07, 6.45) is 2.35. The van der Waals surface area contributed by atoms with Crippen LogP contribution in [0.25, 0.3) is 5.65 Å². The zero-order valence-corrected chi connectivity index (χ0v) is 14.4. The molecule has 2 aromatic rings. The van der Waals surface area contributed by atoms with Gasteiger partial charge < -0.3 is 4.90 Å². The number of hydrogen-bond donors (Lipinski definition) is 0. The van der Waals surface area contributed by atoms with E-state index in [-0.39, 0.29) is 0 Å². The van der Waals surface area contributed by atoms with Gasteiger partial charge in [-0.25, -0.2) is 12.7 Å². The van der Waals surface area contributed by atoms with Crippen molar-refractivity contribution in [2.75, 3.05) is 50.4 Å². The van der Waals surface area contributed by atoms with E-state index in [1.165, 1.54) is 0 Å². The monoisotopic (exact) mass is 351 g/mol. The Balaban J connectivity index is 1.30. The van der Waals surface area contributed by atoms with Gasteiger partial charge in [0.25, 0.3) is 0 Å². The lowest BCUT2D eigenvalue weighted by atomic mass is 10.1. The van der Waals surface area contributed by atoms with Gasteiger partial charge >= 0.3 is 0 Å². The minimum atomic E-state index is -2.99. The molecule has 0 N–H and O–H groups in total. The molecular weight excluding hydrogens is 330 g/mol. The van der Waals surface area contributed by atoms with Gasteiger partial charge in [0, 0.05) is 38.8 Å². The van der Waals surface area contributed by atoms with Crippen LogP contribution in [-0.4, -0.2) is 89.0 Å². The van der Waals surface area contributed by atoms with Crippen molar-refractivity contribution in [2.45, 2.75) is 12.5 Å². The lowest BCUT2D eigenvalue weighted by Gasteiger charge is -2.44. The Bertz CT molecular complexity index is 831.